The molecule has 1 saturated heterocycles. The first-order valence-electron chi connectivity index (χ1n) is 5.25. The summed E-state index contributed by atoms with van der Waals surface area (Å²) in [4.78, 5) is 2.26. The highest BCUT2D eigenvalue weighted by Gasteiger charge is 2.37. The summed E-state index contributed by atoms with van der Waals surface area (Å²) in [5.41, 5.74) is 1.19. The number of hydrogen-bond acceptors (Lipinski definition) is 2. The van der Waals surface area contributed by atoms with Gasteiger partial charge in [0.25, 0.3) is 0 Å². The van der Waals surface area contributed by atoms with Crippen LogP contribution in [0.3, 0.4) is 0 Å². The van der Waals surface area contributed by atoms with Gasteiger partial charge >= 0.3 is 0 Å². The lowest BCUT2D eigenvalue weighted by Crippen LogP contribution is -2.48. The van der Waals surface area contributed by atoms with Gasteiger partial charge in [-0.05, 0) is 19.5 Å². The zero-order valence-electron chi connectivity index (χ0n) is 9.27. The van der Waals surface area contributed by atoms with Crippen LogP contribution in [0.1, 0.15) is 12.5 Å². The van der Waals surface area contributed by atoms with Gasteiger partial charge in [-0.1, -0.05) is 30.3 Å². The van der Waals surface area contributed by atoms with Crippen LogP contribution in [0.5, 0.6) is 0 Å². The number of hydrogen-bond donors (Lipinski definition) is 0. The minimum atomic E-state index is -0.757. The van der Waals surface area contributed by atoms with Crippen molar-refractivity contribution in [3.05, 3.63) is 35.9 Å². The molecule has 1 aromatic rings. The van der Waals surface area contributed by atoms with Crippen molar-refractivity contribution in [3.63, 3.8) is 0 Å². The second-order valence-electron chi connectivity index (χ2n) is 4.38. The molecule has 0 bridgehead atoms. The van der Waals surface area contributed by atoms with Crippen LogP contribution in [0.2, 0.25) is 0 Å². The van der Waals surface area contributed by atoms with Crippen molar-refractivity contribution < 1.29 is 4.21 Å². The van der Waals surface area contributed by atoms with Crippen molar-refractivity contribution in [1.29, 1.82) is 0 Å². The van der Waals surface area contributed by atoms with Crippen LogP contribution in [0.4, 0.5) is 0 Å². The Kier molecular flexibility index (Phi) is 2.94. The molecule has 2 atom stereocenters. The molecule has 82 valence electrons. The van der Waals surface area contributed by atoms with E-state index in [0.717, 1.165) is 18.8 Å². The fourth-order valence-corrected chi connectivity index (χ4v) is 3.83. The summed E-state index contributed by atoms with van der Waals surface area (Å²) in [6.45, 7) is 3.92. The van der Waals surface area contributed by atoms with Gasteiger partial charge in [0.15, 0.2) is 0 Å². The second kappa shape index (κ2) is 4.06. The molecule has 0 amide bonds. The molecule has 0 unspecified atom stereocenters. The quantitative estimate of drug-likeness (QED) is 0.720. The summed E-state index contributed by atoms with van der Waals surface area (Å²) < 4.78 is 11.9. The molecule has 1 fully saturated rings. The van der Waals surface area contributed by atoms with Crippen molar-refractivity contribution in [2.45, 2.75) is 11.7 Å². The molecule has 2 rings (SSSR count). The molecule has 0 spiro atoms. The molecule has 1 heterocycles. The van der Waals surface area contributed by atoms with E-state index in [2.05, 4.69) is 31.0 Å². The molecule has 1 aliphatic heterocycles. The Bertz CT molecular complexity index is 365. The number of nitrogens with zero attached hydrogens (tertiary/aromatic N) is 1. The van der Waals surface area contributed by atoms with Gasteiger partial charge < -0.3 is 4.90 Å². The fourth-order valence-electron chi connectivity index (χ4n) is 2.14. The Balaban J connectivity index is 2.35. The highest BCUT2D eigenvalue weighted by molar-refractivity contribution is 7.86. The maximum absolute atomic E-state index is 12.1. The van der Waals surface area contributed by atoms with E-state index in [1.807, 2.05) is 18.2 Å². The van der Waals surface area contributed by atoms with Gasteiger partial charge in [-0.2, -0.15) is 0 Å². The van der Waals surface area contributed by atoms with E-state index in [1.165, 1.54) is 5.56 Å². The molecule has 15 heavy (non-hydrogen) atoms. The smallest absolute Gasteiger partial charge is 0.0805 e. The predicted molar refractivity (Wildman–Crippen MR) is 64.3 cm³/mol. The molecule has 1 aromatic carbocycles. The molecule has 2 nitrogen and oxygen atoms in total. The molecule has 0 aliphatic carbocycles. The molecular weight excluding hydrogens is 206 g/mol. The van der Waals surface area contributed by atoms with Crippen LogP contribution < -0.4 is 0 Å². The molecule has 1 aliphatic rings. The van der Waals surface area contributed by atoms with E-state index >= 15 is 0 Å². The van der Waals surface area contributed by atoms with Crippen LogP contribution in [0.15, 0.2) is 30.3 Å². The Labute approximate surface area is 93.7 Å². The van der Waals surface area contributed by atoms with Crippen LogP contribution in [-0.2, 0) is 15.5 Å². The Morgan fingerprint density at radius 1 is 1.33 bits per heavy atom. The lowest BCUT2D eigenvalue weighted by atomic mass is 9.99. The fraction of sp³-hybridized carbons (Fsp3) is 0.500. The highest BCUT2D eigenvalue weighted by atomic mass is 32.2. The zero-order valence-corrected chi connectivity index (χ0v) is 10.1. The normalized spacial score (nSPS) is 32.8. The average molecular weight is 223 g/mol. The maximum atomic E-state index is 12.1. The SMILES string of the molecule is CN1CC[S@@](=O)[C@@](C)(c2ccccc2)C1. The van der Waals surface area contributed by atoms with E-state index < -0.39 is 10.8 Å². The minimum Gasteiger partial charge on any atom is -0.304 e. The molecular formula is C12H17NOS. The van der Waals surface area contributed by atoms with Crippen molar-refractivity contribution in [2.75, 3.05) is 25.9 Å². The summed E-state index contributed by atoms with van der Waals surface area (Å²) in [5, 5.41) is 0. The third kappa shape index (κ3) is 1.99. The highest BCUT2D eigenvalue weighted by Crippen LogP contribution is 2.31. The molecule has 0 aromatic heterocycles. The summed E-state index contributed by atoms with van der Waals surface area (Å²) in [6, 6.07) is 10.2. The lowest BCUT2D eigenvalue weighted by molar-refractivity contribution is 0.301. The number of likely N-dealkylation sites (N-methyl/N-ethyl adjacent to an activating group) is 1. The van der Waals surface area contributed by atoms with Gasteiger partial charge in [0, 0.05) is 29.6 Å². The van der Waals surface area contributed by atoms with Crippen molar-refractivity contribution in [3.8, 4) is 0 Å². The minimum absolute atomic E-state index is 0.200. The van der Waals surface area contributed by atoms with Crippen LogP contribution in [0, 0.1) is 0 Å². The number of rotatable bonds is 1. The van der Waals surface area contributed by atoms with Crippen molar-refractivity contribution in [2.24, 2.45) is 0 Å². The maximum Gasteiger partial charge on any atom is 0.0805 e. The van der Waals surface area contributed by atoms with Gasteiger partial charge in [0.05, 0.1) is 4.75 Å². The summed E-state index contributed by atoms with van der Waals surface area (Å²) in [6.07, 6.45) is 0. The van der Waals surface area contributed by atoms with E-state index in [0.29, 0.717) is 0 Å². The van der Waals surface area contributed by atoms with Gasteiger partial charge in [-0.3, -0.25) is 4.21 Å². The van der Waals surface area contributed by atoms with Gasteiger partial charge in [-0.15, -0.1) is 0 Å². The topological polar surface area (TPSA) is 20.3 Å². The van der Waals surface area contributed by atoms with Gasteiger partial charge in [-0.25, -0.2) is 0 Å². The third-order valence-electron chi connectivity index (χ3n) is 3.12. The lowest BCUT2D eigenvalue weighted by Gasteiger charge is -2.38. The first-order valence-corrected chi connectivity index (χ1v) is 6.57. The van der Waals surface area contributed by atoms with Crippen LogP contribution >= 0.6 is 0 Å². The van der Waals surface area contributed by atoms with Crippen molar-refractivity contribution in [1.82, 2.24) is 4.90 Å². The van der Waals surface area contributed by atoms with E-state index in [9.17, 15) is 4.21 Å². The summed E-state index contributed by atoms with van der Waals surface area (Å²) >= 11 is 0. The van der Waals surface area contributed by atoms with E-state index in [1.54, 1.807) is 0 Å². The molecule has 0 saturated carbocycles. The zero-order chi connectivity index (χ0) is 10.9. The molecule has 3 heteroatoms. The predicted octanol–water partition coefficient (Wildman–Crippen LogP) is 1.60. The summed E-state index contributed by atoms with van der Waals surface area (Å²) in [5.74, 6) is 0.780. The monoisotopic (exact) mass is 223 g/mol. The van der Waals surface area contributed by atoms with Crippen molar-refractivity contribution >= 4 is 10.8 Å². The molecule has 0 radical (unpaired) electrons. The Hall–Kier alpha value is -0.670. The standard InChI is InChI=1S/C12H17NOS/c1-12(11-6-4-3-5-7-11)10-13(2)8-9-15(12)14/h3-7H,8-10H2,1-2H3/t12-,15-/m1/s1. The van der Waals surface area contributed by atoms with Crippen LogP contribution in [-0.4, -0.2) is 35.0 Å². The molecule has 0 N–H and O–H groups in total. The Morgan fingerprint density at radius 3 is 2.67 bits per heavy atom. The van der Waals surface area contributed by atoms with Gasteiger partial charge in [0.1, 0.15) is 0 Å². The van der Waals surface area contributed by atoms with Gasteiger partial charge in [0.2, 0.25) is 0 Å². The third-order valence-corrected chi connectivity index (χ3v) is 5.04. The Morgan fingerprint density at radius 2 is 2.00 bits per heavy atom. The number of benzene rings is 1. The van der Waals surface area contributed by atoms with E-state index in [4.69, 9.17) is 0 Å². The van der Waals surface area contributed by atoms with Crippen LogP contribution in [0.25, 0.3) is 0 Å². The average Bonchev–Trinajstić information content (AvgIpc) is 2.25. The van der Waals surface area contributed by atoms with E-state index in [-0.39, 0.29) is 4.75 Å². The first-order chi connectivity index (χ1) is 7.13. The second-order valence-corrected chi connectivity index (χ2v) is 6.38. The largest absolute Gasteiger partial charge is 0.304 e. The first kappa shape index (κ1) is 10.8. The summed E-state index contributed by atoms with van der Waals surface area (Å²) in [7, 11) is 1.34.